The average molecular weight is 197 g/mol. The summed E-state index contributed by atoms with van der Waals surface area (Å²) in [7, 11) is 0. The van der Waals surface area contributed by atoms with Crippen LogP contribution >= 0.6 is 11.6 Å². The number of rotatable bonds is 1. The lowest BCUT2D eigenvalue weighted by atomic mass is 10.0. The molecule has 1 aliphatic heterocycles. The summed E-state index contributed by atoms with van der Waals surface area (Å²) in [4.78, 5) is 14.8. The Labute approximate surface area is 81.1 Å². The Morgan fingerprint density at radius 1 is 1.77 bits per heavy atom. The lowest BCUT2D eigenvalue weighted by Crippen LogP contribution is -2.13. The first-order valence-corrected chi connectivity index (χ1v) is 4.45. The standard InChI is InChI=1S/C9H9ClN2O/c1-5-2-8(10)12-6-3-11-7(4-13)9(5)6/h2,4,7,11H,3H2,1H3. The van der Waals surface area contributed by atoms with Crippen LogP contribution in [0.3, 0.4) is 0 Å². The van der Waals surface area contributed by atoms with E-state index in [0.29, 0.717) is 11.7 Å². The summed E-state index contributed by atoms with van der Waals surface area (Å²) >= 11 is 5.79. The minimum atomic E-state index is -0.209. The van der Waals surface area contributed by atoms with E-state index in [-0.39, 0.29) is 6.04 Å². The van der Waals surface area contributed by atoms with E-state index in [2.05, 4.69) is 10.3 Å². The summed E-state index contributed by atoms with van der Waals surface area (Å²) in [6, 6.07) is 1.57. The van der Waals surface area contributed by atoms with E-state index >= 15 is 0 Å². The van der Waals surface area contributed by atoms with E-state index in [0.717, 1.165) is 23.1 Å². The zero-order chi connectivity index (χ0) is 9.42. The Hall–Kier alpha value is -0.930. The molecule has 1 unspecified atom stereocenters. The summed E-state index contributed by atoms with van der Waals surface area (Å²) in [6.45, 7) is 2.57. The maximum absolute atomic E-state index is 10.7. The van der Waals surface area contributed by atoms with Crippen molar-refractivity contribution in [1.82, 2.24) is 10.3 Å². The molecule has 4 heteroatoms. The lowest BCUT2D eigenvalue weighted by molar-refractivity contribution is -0.109. The van der Waals surface area contributed by atoms with Gasteiger partial charge in [0.05, 0.1) is 11.7 Å². The van der Waals surface area contributed by atoms with Crippen LogP contribution in [0.25, 0.3) is 0 Å². The molecule has 13 heavy (non-hydrogen) atoms. The molecule has 3 nitrogen and oxygen atoms in total. The van der Waals surface area contributed by atoms with Gasteiger partial charge in [0.2, 0.25) is 0 Å². The number of halogens is 1. The predicted molar refractivity (Wildman–Crippen MR) is 49.6 cm³/mol. The fraction of sp³-hybridized carbons (Fsp3) is 0.333. The van der Waals surface area contributed by atoms with Crippen LogP contribution in [0.1, 0.15) is 22.9 Å². The molecule has 2 rings (SSSR count). The fourth-order valence-electron chi connectivity index (χ4n) is 1.69. The van der Waals surface area contributed by atoms with Crippen molar-refractivity contribution in [1.29, 1.82) is 0 Å². The number of fused-ring (bicyclic) bond motifs is 1. The van der Waals surface area contributed by atoms with E-state index in [1.54, 1.807) is 6.07 Å². The van der Waals surface area contributed by atoms with Gasteiger partial charge in [-0.2, -0.15) is 0 Å². The molecule has 2 heterocycles. The quantitative estimate of drug-likeness (QED) is 0.545. The van der Waals surface area contributed by atoms with Crippen molar-refractivity contribution < 1.29 is 4.79 Å². The number of nitrogens with zero attached hydrogens (tertiary/aromatic N) is 1. The highest BCUT2D eigenvalue weighted by Gasteiger charge is 2.24. The van der Waals surface area contributed by atoms with Gasteiger partial charge in [-0.25, -0.2) is 4.98 Å². The molecule has 68 valence electrons. The van der Waals surface area contributed by atoms with Gasteiger partial charge in [-0.3, -0.25) is 5.32 Å². The maximum Gasteiger partial charge on any atom is 0.141 e. The molecular weight excluding hydrogens is 188 g/mol. The molecule has 0 radical (unpaired) electrons. The Kier molecular flexibility index (Phi) is 2.06. The number of aldehydes is 1. The van der Waals surface area contributed by atoms with Crippen LogP contribution in [-0.4, -0.2) is 11.3 Å². The third-order valence-corrected chi connectivity index (χ3v) is 2.44. The van der Waals surface area contributed by atoms with E-state index in [4.69, 9.17) is 11.6 Å². The zero-order valence-electron chi connectivity index (χ0n) is 7.17. The van der Waals surface area contributed by atoms with Gasteiger partial charge in [-0.15, -0.1) is 0 Å². The van der Waals surface area contributed by atoms with E-state index in [1.807, 2.05) is 6.92 Å². The number of carbonyl (C=O) groups is 1. The Morgan fingerprint density at radius 3 is 3.23 bits per heavy atom. The molecule has 0 bridgehead atoms. The first-order chi connectivity index (χ1) is 6.22. The monoisotopic (exact) mass is 196 g/mol. The topological polar surface area (TPSA) is 42.0 Å². The molecule has 1 N–H and O–H groups in total. The molecule has 1 aliphatic rings. The highest BCUT2D eigenvalue weighted by molar-refractivity contribution is 6.29. The van der Waals surface area contributed by atoms with Crippen LogP contribution in [0.5, 0.6) is 0 Å². The summed E-state index contributed by atoms with van der Waals surface area (Å²) < 4.78 is 0. The number of aromatic nitrogens is 1. The van der Waals surface area contributed by atoms with Crippen LogP contribution in [0.2, 0.25) is 5.15 Å². The molecule has 0 spiro atoms. The predicted octanol–water partition coefficient (Wildman–Crippen LogP) is 1.39. The summed E-state index contributed by atoms with van der Waals surface area (Å²) in [5, 5.41) is 3.54. The molecule has 1 atom stereocenters. The number of pyridine rings is 1. The molecule has 0 aliphatic carbocycles. The van der Waals surface area contributed by atoms with Gasteiger partial charge in [-0.05, 0) is 18.6 Å². The van der Waals surface area contributed by atoms with Gasteiger partial charge in [0.1, 0.15) is 11.4 Å². The van der Waals surface area contributed by atoms with Crippen LogP contribution in [-0.2, 0) is 11.3 Å². The van der Waals surface area contributed by atoms with Crippen LogP contribution < -0.4 is 5.32 Å². The van der Waals surface area contributed by atoms with Crippen molar-refractivity contribution in [3.8, 4) is 0 Å². The van der Waals surface area contributed by atoms with Gasteiger partial charge in [0, 0.05) is 12.1 Å². The first-order valence-electron chi connectivity index (χ1n) is 4.07. The molecule has 0 saturated carbocycles. The van der Waals surface area contributed by atoms with Gasteiger partial charge in [-0.1, -0.05) is 11.6 Å². The number of hydrogen-bond donors (Lipinski definition) is 1. The first kappa shape index (κ1) is 8.66. The summed E-state index contributed by atoms with van der Waals surface area (Å²) in [5.41, 5.74) is 2.90. The number of hydrogen-bond acceptors (Lipinski definition) is 3. The largest absolute Gasteiger partial charge is 0.301 e. The van der Waals surface area contributed by atoms with Crippen molar-refractivity contribution in [2.24, 2.45) is 0 Å². The van der Waals surface area contributed by atoms with Gasteiger partial charge in [0.15, 0.2) is 0 Å². The van der Waals surface area contributed by atoms with Gasteiger partial charge >= 0.3 is 0 Å². The number of carbonyl (C=O) groups excluding carboxylic acids is 1. The highest BCUT2D eigenvalue weighted by Crippen LogP contribution is 2.27. The third-order valence-electron chi connectivity index (χ3n) is 2.25. The lowest BCUT2D eigenvalue weighted by Gasteiger charge is -2.06. The Balaban J connectivity index is 2.57. The molecule has 1 aromatic rings. The number of aryl methyl sites for hydroxylation is 1. The number of nitrogens with one attached hydrogen (secondary N) is 1. The normalized spacial score (nSPS) is 20.0. The molecule has 0 saturated heterocycles. The Bertz CT molecular complexity index is 365. The van der Waals surface area contributed by atoms with E-state index in [1.165, 1.54) is 0 Å². The van der Waals surface area contributed by atoms with Crippen LogP contribution in [0.4, 0.5) is 0 Å². The highest BCUT2D eigenvalue weighted by atomic mass is 35.5. The summed E-state index contributed by atoms with van der Waals surface area (Å²) in [5.74, 6) is 0. The molecule has 1 aromatic heterocycles. The van der Waals surface area contributed by atoms with Gasteiger partial charge < -0.3 is 4.79 Å². The zero-order valence-corrected chi connectivity index (χ0v) is 7.93. The minimum absolute atomic E-state index is 0.209. The van der Waals surface area contributed by atoms with Crippen molar-refractivity contribution in [2.45, 2.75) is 19.5 Å². The third kappa shape index (κ3) is 1.34. The van der Waals surface area contributed by atoms with Crippen molar-refractivity contribution in [3.63, 3.8) is 0 Å². The van der Waals surface area contributed by atoms with Crippen molar-refractivity contribution in [2.75, 3.05) is 0 Å². The van der Waals surface area contributed by atoms with E-state index < -0.39 is 0 Å². The average Bonchev–Trinajstić information content (AvgIpc) is 2.47. The maximum atomic E-state index is 10.7. The SMILES string of the molecule is Cc1cc(Cl)nc2c1C(C=O)NC2. The Morgan fingerprint density at radius 2 is 2.54 bits per heavy atom. The van der Waals surface area contributed by atoms with Gasteiger partial charge in [0.25, 0.3) is 0 Å². The molecule has 0 fully saturated rings. The second kappa shape index (κ2) is 3.09. The minimum Gasteiger partial charge on any atom is -0.301 e. The van der Waals surface area contributed by atoms with E-state index in [9.17, 15) is 4.79 Å². The van der Waals surface area contributed by atoms with Crippen LogP contribution in [0.15, 0.2) is 6.07 Å². The van der Waals surface area contributed by atoms with Crippen molar-refractivity contribution in [3.05, 3.63) is 28.0 Å². The molecular formula is C9H9ClN2O. The fourth-order valence-corrected chi connectivity index (χ4v) is 1.96. The second-order valence-electron chi connectivity index (χ2n) is 3.12. The smallest absolute Gasteiger partial charge is 0.141 e. The molecule has 0 amide bonds. The summed E-state index contributed by atoms with van der Waals surface area (Å²) in [6.07, 6.45) is 0.897. The van der Waals surface area contributed by atoms with Crippen LogP contribution in [0, 0.1) is 6.92 Å². The molecule has 0 aromatic carbocycles. The second-order valence-corrected chi connectivity index (χ2v) is 3.50. The van der Waals surface area contributed by atoms with Crippen molar-refractivity contribution >= 4 is 17.9 Å².